The average Bonchev–Trinajstić information content (AvgIpc) is 3.52. The number of carbonyl (C=O) groups is 1. The van der Waals surface area contributed by atoms with Gasteiger partial charge in [-0.1, -0.05) is 54.2 Å². The summed E-state index contributed by atoms with van der Waals surface area (Å²) in [4.78, 5) is 20.5. The van der Waals surface area contributed by atoms with E-state index >= 15 is 0 Å². The molecule has 0 aliphatic carbocycles. The second-order valence-electron chi connectivity index (χ2n) is 7.98. The summed E-state index contributed by atoms with van der Waals surface area (Å²) in [6.45, 7) is 5.98. The van der Waals surface area contributed by atoms with Gasteiger partial charge in [0.25, 0.3) is 0 Å². The highest BCUT2D eigenvalue weighted by Gasteiger charge is 2.29. The van der Waals surface area contributed by atoms with Crippen molar-refractivity contribution in [2.75, 3.05) is 18.0 Å². The number of aromatic amines is 1. The predicted molar refractivity (Wildman–Crippen MR) is 119 cm³/mol. The van der Waals surface area contributed by atoms with E-state index in [9.17, 15) is 4.79 Å². The number of nitrogens with zero attached hydrogens (tertiary/aromatic N) is 5. The minimum atomic E-state index is -0.100. The lowest BCUT2D eigenvalue weighted by Gasteiger charge is -2.22. The summed E-state index contributed by atoms with van der Waals surface area (Å²) >= 11 is 1.75. The summed E-state index contributed by atoms with van der Waals surface area (Å²) in [5, 5.41) is 15.8. The van der Waals surface area contributed by atoms with Crippen LogP contribution in [0.25, 0.3) is 10.4 Å². The Morgan fingerprint density at radius 1 is 1.23 bits per heavy atom. The van der Waals surface area contributed by atoms with Crippen molar-refractivity contribution < 1.29 is 4.79 Å². The molecule has 4 rings (SSSR count). The number of nitrogens with one attached hydrogen (secondary N) is 1. The number of hydrogen-bond donors (Lipinski definition) is 1. The maximum absolute atomic E-state index is 12.3. The molecule has 1 N–H and O–H groups in total. The zero-order valence-corrected chi connectivity index (χ0v) is 18.4. The zero-order chi connectivity index (χ0) is 20.9. The van der Waals surface area contributed by atoms with Crippen LogP contribution in [-0.2, 0) is 11.2 Å². The molecule has 7 nitrogen and oxygen atoms in total. The van der Waals surface area contributed by atoms with Crippen LogP contribution in [0.1, 0.15) is 56.8 Å². The summed E-state index contributed by atoms with van der Waals surface area (Å²) in [5.74, 6) is 0.627. The van der Waals surface area contributed by atoms with Gasteiger partial charge in [-0.3, -0.25) is 4.79 Å². The molecule has 0 bridgehead atoms. The van der Waals surface area contributed by atoms with Crippen LogP contribution in [0.5, 0.6) is 0 Å². The summed E-state index contributed by atoms with van der Waals surface area (Å²) < 4.78 is 0. The van der Waals surface area contributed by atoms with E-state index in [1.54, 1.807) is 18.3 Å². The summed E-state index contributed by atoms with van der Waals surface area (Å²) in [7, 11) is 0. The molecule has 8 heteroatoms. The minimum absolute atomic E-state index is 0.0720. The van der Waals surface area contributed by atoms with Crippen LogP contribution in [0.4, 0.5) is 5.13 Å². The quantitative estimate of drug-likeness (QED) is 0.552. The number of H-pyrrole nitrogens is 1. The molecule has 1 aliphatic heterocycles. The van der Waals surface area contributed by atoms with Gasteiger partial charge in [0.1, 0.15) is 5.78 Å². The average molecular weight is 425 g/mol. The van der Waals surface area contributed by atoms with Crippen LogP contribution in [0.3, 0.4) is 0 Å². The smallest absolute Gasteiger partial charge is 0.185 e. The number of benzene rings is 1. The van der Waals surface area contributed by atoms with Gasteiger partial charge in [-0.25, -0.2) is 4.98 Å². The Kier molecular flexibility index (Phi) is 6.52. The monoisotopic (exact) mass is 424 g/mol. The first-order chi connectivity index (χ1) is 14.7. The van der Waals surface area contributed by atoms with Crippen molar-refractivity contribution in [1.82, 2.24) is 25.6 Å². The molecule has 0 spiro atoms. The number of thiazole rings is 1. The third-order valence-electron chi connectivity index (χ3n) is 5.87. The van der Waals surface area contributed by atoms with Gasteiger partial charge in [0, 0.05) is 31.1 Å². The molecule has 1 saturated heterocycles. The molecule has 0 unspecified atom stereocenters. The van der Waals surface area contributed by atoms with E-state index in [1.807, 2.05) is 6.20 Å². The molecule has 1 aliphatic rings. The SMILES string of the molecule is CCC[C@H](C(C)=O)[C@H](Cc1ccc(-c2cnc(N3CCCC3)s2)cc1)c1nn[nH]n1. The maximum atomic E-state index is 12.3. The fourth-order valence-electron chi connectivity index (χ4n) is 4.25. The van der Waals surface area contributed by atoms with E-state index in [4.69, 9.17) is 0 Å². The van der Waals surface area contributed by atoms with Gasteiger partial charge < -0.3 is 4.90 Å². The van der Waals surface area contributed by atoms with Crippen LogP contribution in [0.2, 0.25) is 0 Å². The Hall–Kier alpha value is -2.61. The Morgan fingerprint density at radius 3 is 2.63 bits per heavy atom. The number of anilines is 1. The first kappa shape index (κ1) is 20.7. The van der Waals surface area contributed by atoms with Crippen molar-refractivity contribution in [1.29, 1.82) is 0 Å². The lowest BCUT2D eigenvalue weighted by atomic mass is 9.81. The lowest BCUT2D eigenvalue weighted by Crippen LogP contribution is -2.23. The van der Waals surface area contributed by atoms with Gasteiger partial charge in [-0.15, -0.1) is 10.2 Å². The number of rotatable bonds is 9. The standard InChI is InChI=1S/C22H28N6OS/c1-3-6-18(15(2)29)19(21-24-26-27-25-21)13-16-7-9-17(10-8-16)20-14-23-22(30-20)28-11-4-5-12-28/h7-10,14,18-19H,3-6,11-13H2,1-2H3,(H,24,25,26,27)/t18-,19+/m1/s1. The molecule has 0 amide bonds. The summed E-state index contributed by atoms with van der Waals surface area (Å²) in [5.41, 5.74) is 2.34. The highest BCUT2D eigenvalue weighted by atomic mass is 32.1. The van der Waals surface area contributed by atoms with Crippen molar-refractivity contribution in [3.8, 4) is 10.4 Å². The number of Topliss-reactive ketones (excluding diaryl/α,β-unsaturated/α-hetero) is 1. The Labute approximate surface area is 180 Å². The van der Waals surface area contributed by atoms with Gasteiger partial charge in [0.05, 0.1) is 4.88 Å². The fourth-order valence-corrected chi connectivity index (χ4v) is 5.22. The second kappa shape index (κ2) is 9.47. The number of tetrazole rings is 1. The maximum Gasteiger partial charge on any atom is 0.185 e. The van der Waals surface area contributed by atoms with Crippen molar-refractivity contribution in [2.45, 2.75) is 51.9 Å². The molecule has 2 aromatic heterocycles. The van der Waals surface area contributed by atoms with Crippen LogP contribution >= 0.6 is 11.3 Å². The summed E-state index contributed by atoms with van der Waals surface area (Å²) in [6.07, 6.45) is 6.97. The molecular formula is C22H28N6OS. The normalized spacial score (nSPS) is 16.0. The van der Waals surface area contributed by atoms with Crippen molar-refractivity contribution in [3.63, 3.8) is 0 Å². The van der Waals surface area contributed by atoms with Crippen LogP contribution in [0.15, 0.2) is 30.5 Å². The van der Waals surface area contributed by atoms with E-state index in [0.717, 1.165) is 31.1 Å². The molecule has 158 valence electrons. The number of hydrogen-bond acceptors (Lipinski definition) is 7. The number of aromatic nitrogens is 5. The van der Waals surface area contributed by atoms with Gasteiger partial charge in [0.15, 0.2) is 11.0 Å². The van der Waals surface area contributed by atoms with Gasteiger partial charge in [-0.05, 0) is 43.7 Å². The molecule has 3 aromatic rings. The van der Waals surface area contributed by atoms with Crippen LogP contribution in [-0.4, -0.2) is 44.5 Å². The number of carbonyl (C=O) groups excluding carboxylic acids is 1. The third kappa shape index (κ3) is 4.59. The molecule has 1 fully saturated rings. The van der Waals surface area contributed by atoms with Gasteiger partial charge in [0.2, 0.25) is 0 Å². The van der Waals surface area contributed by atoms with Crippen LogP contribution in [0, 0.1) is 5.92 Å². The van der Waals surface area contributed by atoms with Crippen molar-refractivity contribution in [2.24, 2.45) is 5.92 Å². The van der Waals surface area contributed by atoms with Crippen molar-refractivity contribution in [3.05, 3.63) is 41.9 Å². The third-order valence-corrected chi connectivity index (χ3v) is 6.97. The van der Waals surface area contributed by atoms with E-state index in [1.165, 1.54) is 28.8 Å². The van der Waals surface area contributed by atoms with Gasteiger partial charge >= 0.3 is 0 Å². The molecule has 0 saturated carbocycles. The second-order valence-corrected chi connectivity index (χ2v) is 8.99. The van der Waals surface area contributed by atoms with Crippen LogP contribution < -0.4 is 4.90 Å². The highest BCUT2D eigenvalue weighted by Crippen LogP contribution is 2.34. The Balaban J connectivity index is 1.51. The molecule has 3 heterocycles. The largest absolute Gasteiger partial charge is 0.348 e. The van der Waals surface area contributed by atoms with E-state index in [2.05, 4.69) is 61.7 Å². The fraction of sp³-hybridized carbons (Fsp3) is 0.500. The highest BCUT2D eigenvalue weighted by molar-refractivity contribution is 7.18. The Morgan fingerprint density at radius 2 is 2.00 bits per heavy atom. The lowest BCUT2D eigenvalue weighted by molar-refractivity contribution is -0.121. The first-order valence-corrected chi connectivity index (χ1v) is 11.5. The molecule has 1 aromatic carbocycles. The van der Waals surface area contributed by atoms with Gasteiger partial charge in [-0.2, -0.15) is 5.21 Å². The first-order valence-electron chi connectivity index (χ1n) is 10.7. The molecular weight excluding hydrogens is 396 g/mol. The summed E-state index contributed by atoms with van der Waals surface area (Å²) in [6, 6.07) is 8.57. The molecule has 0 radical (unpaired) electrons. The zero-order valence-electron chi connectivity index (χ0n) is 17.5. The molecule has 30 heavy (non-hydrogen) atoms. The van der Waals surface area contributed by atoms with E-state index < -0.39 is 0 Å². The van der Waals surface area contributed by atoms with E-state index in [-0.39, 0.29) is 17.6 Å². The topological polar surface area (TPSA) is 87.7 Å². The Bertz CT molecular complexity index is 946. The number of ketones is 1. The predicted octanol–water partition coefficient (Wildman–Crippen LogP) is 4.26. The minimum Gasteiger partial charge on any atom is -0.348 e. The molecule has 2 atom stereocenters. The van der Waals surface area contributed by atoms with E-state index in [0.29, 0.717) is 12.2 Å². The van der Waals surface area contributed by atoms with Crippen molar-refractivity contribution >= 4 is 22.3 Å².